The van der Waals surface area contributed by atoms with Gasteiger partial charge in [0.1, 0.15) is 17.0 Å². The van der Waals surface area contributed by atoms with Gasteiger partial charge in [0.2, 0.25) is 0 Å². The van der Waals surface area contributed by atoms with Crippen LogP contribution in [0.4, 0.5) is 0 Å². The first-order valence-corrected chi connectivity index (χ1v) is 8.35. The lowest BCUT2D eigenvalue weighted by Crippen LogP contribution is -2.42. The van der Waals surface area contributed by atoms with Crippen molar-refractivity contribution in [3.8, 4) is 0 Å². The molecule has 0 spiro atoms. The molecular formula is C18H20N4O2. The molecule has 24 heavy (non-hydrogen) atoms. The van der Waals surface area contributed by atoms with Crippen LogP contribution in [0.2, 0.25) is 0 Å². The van der Waals surface area contributed by atoms with E-state index < -0.39 is 0 Å². The zero-order valence-corrected chi connectivity index (χ0v) is 13.9. The van der Waals surface area contributed by atoms with E-state index in [4.69, 9.17) is 0 Å². The van der Waals surface area contributed by atoms with Gasteiger partial charge in [-0.15, -0.1) is 0 Å². The number of aryl methyl sites for hydroxylation is 1. The second-order valence-corrected chi connectivity index (χ2v) is 6.52. The van der Waals surface area contributed by atoms with Crippen molar-refractivity contribution in [2.45, 2.75) is 32.2 Å². The Morgan fingerprint density at radius 1 is 1.29 bits per heavy atom. The molecule has 0 unspecified atom stereocenters. The highest BCUT2D eigenvalue weighted by atomic mass is 16.2. The minimum atomic E-state index is -0.142. The number of fused-ring (bicyclic) bond motifs is 2. The standard InChI is InChI=1S/C18H20N4O2/c1-12-7-3-5-9-21(12)18(24)14-11-13-16(20(14)2)19-15-8-4-6-10-22(15)17(13)23/h4,6,8,10-12H,3,5,7,9H2,1-2H3/t12-/m1/s1. The molecule has 6 nitrogen and oxygen atoms in total. The van der Waals surface area contributed by atoms with Crippen LogP contribution in [-0.4, -0.2) is 37.3 Å². The zero-order chi connectivity index (χ0) is 16.8. The molecule has 6 heteroatoms. The van der Waals surface area contributed by atoms with Crippen LogP contribution in [0.5, 0.6) is 0 Å². The molecule has 124 valence electrons. The molecule has 0 bridgehead atoms. The fourth-order valence-corrected chi connectivity index (χ4v) is 3.57. The molecule has 3 aromatic rings. The number of pyridine rings is 1. The Kier molecular flexibility index (Phi) is 3.40. The van der Waals surface area contributed by atoms with Crippen molar-refractivity contribution in [3.63, 3.8) is 0 Å². The van der Waals surface area contributed by atoms with Crippen molar-refractivity contribution in [1.82, 2.24) is 18.9 Å². The number of hydrogen-bond acceptors (Lipinski definition) is 3. The molecule has 4 heterocycles. The van der Waals surface area contributed by atoms with Gasteiger partial charge in [-0.3, -0.25) is 14.0 Å². The van der Waals surface area contributed by atoms with Crippen molar-refractivity contribution in [3.05, 3.63) is 46.5 Å². The molecule has 1 aliphatic heterocycles. The summed E-state index contributed by atoms with van der Waals surface area (Å²) in [7, 11) is 1.80. The summed E-state index contributed by atoms with van der Waals surface area (Å²) < 4.78 is 3.26. The van der Waals surface area contributed by atoms with Crippen LogP contribution in [0.15, 0.2) is 35.3 Å². The average molecular weight is 324 g/mol. The Morgan fingerprint density at radius 2 is 2.12 bits per heavy atom. The van der Waals surface area contributed by atoms with Crippen LogP contribution >= 0.6 is 0 Å². The van der Waals surface area contributed by atoms with Crippen LogP contribution in [0, 0.1) is 0 Å². The molecular weight excluding hydrogens is 304 g/mol. The molecule has 1 amide bonds. The smallest absolute Gasteiger partial charge is 0.270 e. The maximum Gasteiger partial charge on any atom is 0.270 e. The summed E-state index contributed by atoms with van der Waals surface area (Å²) in [5, 5.41) is 0.481. The van der Waals surface area contributed by atoms with Crippen LogP contribution < -0.4 is 5.56 Å². The lowest BCUT2D eigenvalue weighted by atomic mass is 10.0. The lowest BCUT2D eigenvalue weighted by Gasteiger charge is -2.33. The maximum absolute atomic E-state index is 13.0. The SMILES string of the molecule is C[C@@H]1CCCCN1C(=O)c1cc2c(=O)n3ccccc3nc2n1C. The van der Waals surface area contributed by atoms with E-state index in [2.05, 4.69) is 11.9 Å². The third kappa shape index (κ3) is 2.13. The average Bonchev–Trinajstić information content (AvgIpc) is 2.92. The molecule has 3 aromatic heterocycles. The van der Waals surface area contributed by atoms with Gasteiger partial charge < -0.3 is 9.47 Å². The third-order valence-electron chi connectivity index (χ3n) is 4.99. The number of rotatable bonds is 1. The maximum atomic E-state index is 13.0. The van der Waals surface area contributed by atoms with Gasteiger partial charge in [-0.25, -0.2) is 4.98 Å². The molecule has 0 radical (unpaired) electrons. The van der Waals surface area contributed by atoms with Gasteiger partial charge in [0.15, 0.2) is 0 Å². The fourth-order valence-electron chi connectivity index (χ4n) is 3.57. The first-order chi connectivity index (χ1) is 11.6. The first-order valence-electron chi connectivity index (χ1n) is 8.35. The Morgan fingerprint density at radius 3 is 2.92 bits per heavy atom. The van der Waals surface area contributed by atoms with Gasteiger partial charge in [0.25, 0.3) is 11.5 Å². The normalized spacial score (nSPS) is 18.4. The Labute approximate surface area is 139 Å². The number of aromatic nitrogens is 3. The van der Waals surface area contributed by atoms with Crippen molar-refractivity contribution >= 4 is 22.6 Å². The number of nitrogens with zero attached hydrogens (tertiary/aromatic N) is 4. The van der Waals surface area contributed by atoms with Gasteiger partial charge in [-0.2, -0.15) is 0 Å². The predicted molar refractivity (Wildman–Crippen MR) is 92.3 cm³/mol. The van der Waals surface area contributed by atoms with E-state index >= 15 is 0 Å². The van der Waals surface area contributed by atoms with Gasteiger partial charge in [-0.05, 0) is 44.4 Å². The third-order valence-corrected chi connectivity index (χ3v) is 4.99. The van der Waals surface area contributed by atoms with Crippen LogP contribution in [0.25, 0.3) is 16.7 Å². The molecule has 1 fully saturated rings. The zero-order valence-electron chi connectivity index (χ0n) is 13.9. The summed E-state index contributed by atoms with van der Waals surface area (Å²) in [5.41, 5.74) is 1.52. The summed E-state index contributed by atoms with van der Waals surface area (Å²) in [6.45, 7) is 2.86. The van der Waals surface area contributed by atoms with Crippen molar-refractivity contribution in [2.75, 3.05) is 6.54 Å². The molecule has 0 N–H and O–H groups in total. The molecule has 0 aromatic carbocycles. The monoisotopic (exact) mass is 324 g/mol. The topological polar surface area (TPSA) is 59.6 Å². The highest BCUT2D eigenvalue weighted by molar-refractivity contribution is 5.98. The second-order valence-electron chi connectivity index (χ2n) is 6.52. The molecule has 0 saturated carbocycles. The van der Waals surface area contributed by atoms with Gasteiger partial charge in [0, 0.05) is 25.8 Å². The van der Waals surface area contributed by atoms with E-state index in [1.54, 1.807) is 36.0 Å². The summed E-state index contributed by atoms with van der Waals surface area (Å²) in [5.74, 6) is -0.0174. The van der Waals surface area contributed by atoms with E-state index in [-0.39, 0.29) is 17.5 Å². The minimum absolute atomic E-state index is 0.0174. The number of hydrogen-bond donors (Lipinski definition) is 0. The van der Waals surface area contributed by atoms with E-state index in [0.717, 1.165) is 25.8 Å². The summed E-state index contributed by atoms with van der Waals surface area (Å²) >= 11 is 0. The lowest BCUT2D eigenvalue weighted by molar-refractivity contribution is 0.0626. The van der Waals surface area contributed by atoms with Gasteiger partial charge in [-0.1, -0.05) is 6.07 Å². The van der Waals surface area contributed by atoms with E-state index in [9.17, 15) is 9.59 Å². The molecule has 0 aliphatic carbocycles. The number of likely N-dealkylation sites (tertiary alicyclic amines) is 1. The van der Waals surface area contributed by atoms with Crippen molar-refractivity contribution in [2.24, 2.45) is 7.05 Å². The Hall–Kier alpha value is -2.63. The van der Waals surface area contributed by atoms with E-state index in [1.807, 2.05) is 11.0 Å². The van der Waals surface area contributed by atoms with Crippen LogP contribution in [0.3, 0.4) is 0 Å². The highest BCUT2D eigenvalue weighted by Crippen LogP contribution is 2.22. The van der Waals surface area contributed by atoms with Crippen LogP contribution in [-0.2, 0) is 7.05 Å². The van der Waals surface area contributed by atoms with Crippen molar-refractivity contribution in [1.29, 1.82) is 0 Å². The van der Waals surface area contributed by atoms with Crippen LogP contribution in [0.1, 0.15) is 36.7 Å². The minimum Gasteiger partial charge on any atom is -0.335 e. The van der Waals surface area contributed by atoms with E-state index in [0.29, 0.717) is 22.4 Å². The largest absolute Gasteiger partial charge is 0.335 e. The number of piperidine rings is 1. The predicted octanol–water partition coefficient (Wildman–Crippen LogP) is 2.20. The molecule has 1 aliphatic rings. The fraction of sp³-hybridized carbons (Fsp3) is 0.389. The van der Waals surface area contributed by atoms with Crippen molar-refractivity contribution < 1.29 is 4.79 Å². The Bertz CT molecular complexity index is 1000. The summed E-state index contributed by atoms with van der Waals surface area (Å²) in [6.07, 6.45) is 4.92. The number of carbonyl (C=O) groups is 1. The first kappa shape index (κ1) is 14.9. The summed E-state index contributed by atoms with van der Waals surface area (Å²) in [4.78, 5) is 32.1. The number of carbonyl (C=O) groups excluding carboxylic acids is 1. The second kappa shape index (κ2) is 5.47. The quantitative estimate of drug-likeness (QED) is 0.689. The molecule has 4 rings (SSSR count). The van der Waals surface area contributed by atoms with Gasteiger partial charge >= 0.3 is 0 Å². The van der Waals surface area contributed by atoms with Gasteiger partial charge in [0.05, 0.1) is 5.39 Å². The molecule has 1 saturated heterocycles. The van der Waals surface area contributed by atoms with E-state index in [1.165, 1.54) is 4.40 Å². The summed E-state index contributed by atoms with van der Waals surface area (Å²) in [6, 6.07) is 7.36. The highest BCUT2D eigenvalue weighted by Gasteiger charge is 2.27. The molecule has 1 atom stereocenters. The number of amides is 1. The Balaban J connectivity index is 1.89.